The standard InChI is InChI=1S/C12H10BrClN2O/c1-17-12-5-9(2-3-11(12)14)16-10-4-8(13)6-15-7-10/h2-7,16H,1H3. The van der Waals surface area contributed by atoms with Crippen molar-refractivity contribution in [2.45, 2.75) is 0 Å². The maximum Gasteiger partial charge on any atom is 0.139 e. The minimum Gasteiger partial charge on any atom is -0.495 e. The lowest BCUT2D eigenvalue weighted by molar-refractivity contribution is 0.415. The number of pyridine rings is 1. The highest BCUT2D eigenvalue weighted by Crippen LogP contribution is 2.29. The van der Waals surface area contributed by atoms with E-state index in [1.54, 1.807) is 25.6 Å². The van der Waals surface area contributed by atoms with Crippen LogP contribution in [0.3, 0.4) is 0 Å². The van der Waals surface area contributed by atoms with Gasteiger partial charge in [-0.25, -0.2) is 0 Å². The van der Waals surface area contributed by atoms with Crippen molar-refractivity contribution in [3.05, 3.63) is 46.2 Å². The fourth-order valence-corrected chi connectivity index (χ4v) is 1.94. The van der Waals surface area contributed by atoms with E-state index in [9.17, 15) is 0 Å². The third-order valence-corrected chi connectivity index (χ3v) is 2.89. The maximum atomic E-state index is 5.95. The van der Waals surface area contributed by atoms with Gasteiger partial charge in [0.05, 0.1) is 24.0 Å². The van der Waals surface area contributed by atoms with Crippen LogP contribution < -0.4 is 10.1 Å². The van der Waals surface area contributed by atoms with Crippen molar-refractivity contribution < 1.29 is 4.74 Å². The number of aromatic nitrogens is 1. The van der Waals surface area contributed by atoms with Crippen molar-refractivity contribution in [2.24, 2.45) is 0 Å². The molecular weight excluding hydrogens is 304 g/mol. The number of benzene rings is 1. The summed E-state index contributed by atoms with van der Waals surface area (Å²) in [4.78, 5) is 4.07. The van der Waals surface area contributed by atoms with Crippen LogP contribution in [0.1, 0.15) is 0 Å². The van der Waals surface area contributed by atoms with Crippen molar-refractivity contribution in [3.8, 4) is 5.75 Å². The Morgan fingerprint density at radius 1 is 1.24 bits per heavy atom. The fraction of sp³-hybridized carbons (Fsp3) is 0.0833. The largest absolute Gasteiger partial charge is 0.495 e. The van der Waals surface area contributed by atoms with Gasteiger partial charge >= 0.3 is 0 Å². The summed E-state index contributed by atoms with van der Waals surface area (Å²) in [5, 5.41) is 3.80. The predicted octanol–water partition coefficient (Wildman–Crippen LogP) is 4.25. The second-order valence-corrected chi connectivity index (χ2v) is 4.69. The van der Waals surface area contributed by atoms with Crippen LogP contribution in [-0.4, -0.2) is 12.1 Å². The van der Waals surface area contributed by atoms with Gasteiger partial charge in [0, 0.05) is 22.4 Å². The zero-order valence-corrected chi connectivity index (χ0v) is 11.4. The molecule has 0 unspecified atom stereocenters. The van der Waals surface area contributed by atoms with Gasteiger partial charge in [0.1, 0.15) is 5.75 Å². The summed E-state index contributed by atoms with van der Waals surface area (Å²) in [7, 11) is 1.59. The molecule has 88 valence electrons. The second kappa shape index (κ2) is 5.38. The first-order valence-corrected chi connectivity index (χ1v) is 6.07. The molecule has 0 fully saturated rings. The summed E-state index contributed by atoms with van der Waals surface area (Å²) in [5.74, 6) is 0.639. The third-order valence-electron chi connectivity index (χ3n) is 2.14. The van der Waals surface area contributed by atoms with Gasteiger partial charge < -0.3 is 10.1 Å². The van der Waals surface area contributed by atoms with Gasteiger partial charge in [0.15, 0.2) is 0 Å². The SMILES string of the molecule is COc1cc(Nc2cncc(Br)c2)ccc1Cl. The molecule has 0 aliphatic heterocycles. The number of methoxy groups -OCH3 is 1. The van der Waals surface area contributed by atoms with Crippen molar-refractivity contribution in [2.75, 3.05) is 12.4 Å². The molecule has 2 aromatic rings. The Balaban J connectivity index is 2.24. The number of ether oxygens (including phenoxy) is 1. The molecular formula is C12H10BrClN2O. The molecule has 17 heavy (non-hydrogen) atoms. The average molecular weight is 314 g/mol. The van der Waals surface area contributed by atoms with Crippen molar-refractivity contribution >= 4 is 38.9 Å². The molecule has 0 saturated carbocycles. The quantitative estimate of drug-likeness (QED) is 0.920. The van der Waals surface area contributed by atoms with Crippen LogP contribution in [0, 0.1) is 0 Å². The molecule has 0 amide bonds. The summed E-state index contributed by atoms with van der Waals surface area (Å²) in [6.45, 7) is 0. The van der Waals surface area contributed by atoms with Crippen LogP contribution in [0.5, 0.6) is 5.75 Å². The van der Waals surface area contributed by atoms with Crippen molar-refractivity contribution in [1.82, 2.24) is 4.98 Å². The van der Waals surface area contributed by atoms with Crippen LogP contribution in [0.2, 0.25) is 5.02 Å². The zero-order chi connectivity index (χ0) is 12.3. The summed E-state index contributed by atoms with van der Waals surface area (Å²) in [6.07, 6.45) is 3.47. The predicted molar refractivity (Wildman–Crippen MR) is 73.2 cm³/mol. The Bertz CT molecular complexity index is 534. The molecule has 0 bridgehead atoms. The Hall–Kier alpha value is -1.26. The number of hydrogen-bond acceptors (Lipinski definition) is 3. The van der Waals surface area contributed by atoms with Gasteiger partial charge in [0.2, 0.25) is 0 Å². The van der Waals surface area contributed by atoms with Crippen LogP contribution in [0.4, 0.5) is 11.4 Å². The Morgan fingerprint density at radius 2 is 2.06 bits per heavy atom. The molecule has 0 saturated heterocycles. The molecule has 0 spiro atoms. The average Bonchev–Trinajstić information content (AvgIpc) is 2.32. The van der Waals surface area contributed by atoms with Gasteiger partial charge in [-0.05, 0) is 34.1 Å². The fourth-order valence-electron chi connectivity index (χ4n) is 1.38. The van der Waals surface area contributed by atoms with Crippen LogP contribution in [-0.2, 0) is 0 Å². The van der Waals surface area contributed by atoms with E-state index >= 15 is 0 Å². The van der Waals surface area contributed by atoms with Gasteiger partial charge in [-0.15, -0.1) is 0 Å². The summed E-state index contributed by atoms with van der Waals surface area (Å²) in [6, 6.07) is 7.44. The lowest BCUT2D eigenvalue weighted by Crippen LogP contribution is -1.92. The minimum atomic E-state index is 0.588. The minimum absolute atomic E-state index is 0.588. The first-order valence-electron chi connectivity index (χ1n) is 4.90. The number of hydrogen-bond donors (Lipinski definition) is 1. The molecule has 0 atom stereocenters. The van der Waals surface area contributed by atoms with Gasteiger partial charge in [0.25, 0.3) is 0 Å². The third kappa shape index (κ3) is 3.11. The second-order valence-electron chi connectivity index (χ2n) is 3.37. The lowest BCUT2D eigenvalue weighted by atomic mass is 10.3. The molecule has 2 rings (SSSR count). The summed E-state index contributed by atoms with van der Waals surface area (Å²) >= 11 is 9.32. The smallest absolute Gasteiger partial charge is 0.139 e. The molecule has 1 aromatic carbocycles. The Morgan fingerprint density at radius 3 is 2.76 bits per heavy atom. The molecule has 1 heterocycles. The van der Waals surface area contributed by atoms with Gasteiger partial charge in [-0.3, -0.25) is 4.98 Å². The Kier molecular flexibility index (Phi) is 3.86. The topological polar surface area (TPSA) is 34.1 Å². The normalized spacial score (nSPS) is 10.1. The summed E-state index contributed by atoms with van der Waals surface area (Å²) < 4.78 is 6.07. The number of nitrogens with one attached hydrogen (secondary N) is 1. The van der Waals surface area contributed by atoms with Crippen LogP contribution in [0.25, 0.3) is 0 Å². The zero-order valence-electron chi connectivity index (χ0n) is 9.08. The highest BCUT2D eigenvalue weighted by atomic mass is 79.9. The highest BCUT2D eigenvalue weighted by Gasteiger charge is 2.02. The lowest BCUT2D eigenvalue weighted by Gasteiger charge is -2.09. The molecule has 0 aliphatic carbocycles. The van der Waals surface area contributed by atoms with E-state index in [0.717, 1.165) is 15.8 Å². The van der Waals surface area contributed by atoms with E-state index in [1.807, 2.05) is 18.2 Å². The molecule has 1 N–H and O–H groups in total. The van der Waals surface area contributed by atoms with Crippen molar-refractivity contribution in [3.63, 3.8) is 0 Å². The van der Waals surface area contributed by atoms with Crippen LogP contribution in [0.15, 0.2) is 41.1 Å². The van der Waals surface area contributed by atoms with E-state index in [1.165, 1.54) is 0 Å². The van der Waals surface area contributed by atoms with E-state index in [4.69, 9.17) is 16.3 Å². The van der Waals surface area contributed by atoms with Gasteiger partial charge in [-0.2, -0.15) is 0 Å². The molecule has 1 aromatic heterocycles. The van der Waals surface area contributed by atoms with E-state index in [-0.39, 0.29) is 0 Å². The molecule has 5 heteroatoms. The number of nitrogens with zero attached hydrogens (tertiary/aromatic N) is 1. The first kappa shape index (κ1) is 12.2. The van der Waals surface area contributed by atoms with Crippen LogP contribution >= 0.6 is 27.5 Å². The number of halogens is 2. The molecule has 0 radical (unpaired) electrons. The Labute approximate surface area is 113 Å². The first-order chi connectivity index (χ1) is 8.19. The van der Waals surface area contributed by atoms with E-state index < -0.39 is 0 Å². The molecule has 0 aliphatic rings. The summed E-state index contributed by atoms with van der Waals surface area (Å²) in [5.41, 5.74) is 1.79. The maximum absolute atomic E-state index is 5.95. The van der Waals surface area contributed by atoms with E-state index in [2.05, 4.69) is 26.2 Å². The number of rotatable bonds is 3. The van der Waals surface area contributed by atoms with Gasteiger partial charge in [-0.1, -0.05) is 11.6 Å². The highest BCUT2D eigenvalue weighted by molar-refractivity contribution is 9.10. The van der Waals surface area contributed by atoms with E-state index in [0.29, 0.717) is 10.8 Å². The monoisotopic (exact) mass is 312 g/mol. The molecule has 3 nitrogen and oxygen atoms in total. The number of anilines is 2. The van der Waals surface area contributed by atoms with Crippen molar-refractivity contribution in [1.29, 1.82) is 0 Å².